The van der Waals surface area contributed by atoms with E-state index in [4.69, 9.17) is 5.11 Å². The van der Waals surface area contributed by atoms with E-state index in [1.165, 1.54) is 10.6 Å². The van der Waals surface area contributed by atoms with Crippen LogP contribution in [0.3, 0.4) is 0 Å². The molecule has 66 valence electrons. The summed E-state index contributed by atoms with van der Waals surface area (Å²) in [6.07, 6.45) is -0.677. The molecule has 1 aromatic heterocycles. The van der Waals surface area contributed by atoms with Crippen LogP contribution in [-0.4, -0.2) is 14.6 Å². The monoisotopic (exact) mass is 170 g/mol. The molecule has 5 heteroatoms. The standard InChI is InChI=1S/C7H10N2O3/c1-5(10)6-3-4-7(8(6)2)9(11)12/h3-5,10H,1-2H3. The van der Waals surface area contributed by atoms with Crippen LogP contribution in [0.2, 0.25) is 0 Å². The summed E-state index contributed by atoms with van der Waals surface area (Å²) in [6, 6.07) is 2.92. The van der Waals surface area contributed by atoms with Gasteiger partial charge in [0.25, 0.3) is 0 Å². The fraction of sp³-hybridized carbons (Fsp3) is 0.429. The molecule has 1 N–H and O–H groups in total. The lowest BCUT2D eigenvalue weighted by atomic mass is 10.3. The normalized spacial score (nSPS) is 12.9. The van der Waals surface area contributed by atoms with Crippen LogP contribution in [0.15, 0.2) is 12.1 Å². The van der Waals surface area contributed by atoms with Crippen LogP contribution >= 0.6 is 0 Å². The number of aliphatic hydroxyl groups is 1. The Hall–Kier alpha value is -1.36. The van der Waals surface area contributed by atoms with Gasteiger partial charge in [-0.1, -0.05) is 0 Å². The number of rotatable bonds is 2. The van der Waals surface area contributed by atoms with Crippen molar-refractivity contribution in [2.45, 2.75) is 13.0 Å². The van der Waals surface area contributed by atoms with Gasteiger partial charge in [-0.3, -0.25) is 0 Å². The maximum atomic E-state index is 10.4. The van der Waals surface area contributed by atoms with Crippen LogP contribution in [0, 0.1) is 10.1 Å². The molecule has 0 spiro atoms. The highest BCUT2D eigenvalue weighted by Gasteiger charge is 2.17. The van der Waals surface area contributed by atoms with Crippen molar-refractivity contribution in [1.82, 2.24) is 4.57 Å². The van der Waals surface area contributed by atoms with Crippen LogP contribution in [-0.2, 0) is 7.05 Å². The predicted octanol–water partition coefficient (Wildman–Crippen LogP) is 0.987. The molecule has 0 bridgehead atoms. The lowest BCUT2D eigenvalue weighted by Crippen LogP contribution is -2.03. The molecule has 1 rings (SSSR count). The smallest absolute Gasteiger partial charge is 0.323 e. The molecule has 12 heavy (non-hydrogen) atoms. The van der Waals surface area contributed by atoms with E-state index in [-0.39, 0.29) is 5.82 Å². The summed E-state index contributed by atoms with van der Waals surface area (Å²) in [4.78, 5) is 9.88. The van der Waals surface area contributed by atoms with E-state index in [2.05, 4.69) is 0 Å². The SMILES string of the molecule is CC(O)c1ccc([N+](=O)[O-])n1C. The minimum Gasteiger partial charge on any atom is -0.385 e. The van der Waals surface area contributed by atoms with Crippen LogP contribution in [0.25, 0.3) is 0 Å². The van der Waals surface area contributed by atoms with Crippen molar-refractivity contribution in [3.63, 3.8) is 0 Å². The van der Waals surface area contributed by atoms with Gasteiger partial charge in [-0.15, -0.1) is 0 Å². The van der Waals surface area contributed by atoms with Gasteiger partial charge in [-0.2, -0.15) is 0 Å². The average molecular weight is 170 g/mol. The molecular formula is C7H10N2O3. The average Bonchev–Trinajstić information content (AvgIpc) is 2.30. The van der Waals surface area contributed by atoms with Crippen LogP contribution in [0.5, 0.6) is 0 Å². The first kappa shape index (κ1) is 8.73. The number of nitro groups is 1. The predicted molar refractivity (Wildman–Crippen MR) is 42.7 cm³/mol. The highest BCUT2D eigenvalue weighted by atomic mass is 16.6. The van der Waals surface area contributed by atoms with E-state index in [1.807, 2.05) is 0 Å². The molecule has 0 aromatic carbocycles. The van der Waals surface area contributed by atoms with E-state index in [0.29, 0.717) is 5.69 Å². The second-order valence-electron chi connectivity index (χ2n) is 2.61. The van der Waals surface area contributed by atoms with Crippen molar-refractivity contribution >= 4 is 5.82 Å². The molecule has 1 heterocycles. The van der Waals surface area contributed by atoms with Crippen LogP contribution in [0.4, 0.5) is 5.82 Å². The molecule has 5 nitrogen and oxygen atoms in total. The third kappa shape index (κ3) is 1.31. The van der Waals surface area contributed by atoms with Gasteiger partial charge in [-0.25, -0.2) is 4.57 Å². The molecule has 0 saturated heterocycles. The summed E-state index contributed by atoms with van der Waals surface area (Å²) in [5.74, 6) is -0.00843. The quantitative estimate of drug-likeness (QED) is 0.531. The third-order valence-corrected chi connectivity index (χ3v) is 1.75. The molecule has 1 unspecified atom stereocenters. The summed E-state index contributed by atoms with van der Waals surface area (Å²) in [6.45, 7) is 1.57. The summed E-state index contributed by atoms with van der Waals surface area (Å²) in [5, 5.41) is 19.5. The van der Waals surface area contributed by atoms with Crippen molar-refractivity contribution in [2.75, 3.05) is 0 Å². The highest BCUT2D eigenvalue weighted by Crippen LogP contribution is 2.19. The molecule has 1 aromatic rings. The van der Waals surface area contributed by atoms with E-state index >= 15 is 0 Å². The van der Waals surface area contributed by atoms with E-state index in [0.717, 1.165) is 0 Å². The Morgan fingerprint density at radius 1 is 1.67 bits per heavy atom. The molecule has 0 amide bonds. The minimum atomic E-state index is -0.677. The lowest BCUT2D eigenvalue weighted by Gasteiger charge is -2.01. The van der Waals surface area contributed by atoms with Gasteiger partial charge in [0.05, 0.1) is 7.05 Å². The zero-order valence-electron chi connectivity index (χ0n) is 6.89. The number of hydrogen-bond acceptors (Lipinski definition) is 3. The second-order valence-corrected chi connectivity index (χ2v) is 2.61. The fourth-order valence-corrected chi connectivity index (χ4v) is 1.12. The maximum Gasteiger partial charge on any atom is 0.323 e. The zero-order valence-corrected chi connectivity index (χ0v) is 6.89. The summed E-state index contributed by atoms with van der Waals surface area (Å²) in [5.41, 5.74) is 0.543. The largest absolute Gasteiger partial charge is 0.385 e. The molecule has 0 radical (unpaired) electrons. The Kier molecular flexibility index (Phi) is 2.14. The minimum absolute atomic E-state index is 0.00843. The van der Waals surface area contributed by atoms with Crippen molar-refractivity contribution < 1.29 is 10.0 Å². The molecular weight excluding hydrogens is 160 g/mol. The number of nitrogens with zero attached hydrogens (tertiary/aromatic N) is 2. The first-order valence-corrected chi connectivity index (χ1v) is 3.52. The van der Waals surface area contributed by atoms with E-state index in [9.17, 15) is 10.1 Å². The Morgan fingerprint density at radius 3 is 2.50 bits per heavy atom. The topological polar surface area (TPSA) is 68.3 Å². The van der Waals surface area contributed by atoms with Gasteiger partial charge in [0, 0.05) is 6.07 Å². The zero-order chi connectivity index (χ0) is 9.30. The number of aromatic nitrogens is 1. The van der Waals surface area contributed by atoms with Gasteiger partial charge in [0.15, 0.2) is 0 Å². The number of hydrogen-bond donors (Lipinski definition) is 1. The van der Waals surface area contributed by atoms with Gasteiger partial charge < -0.3 is 15.2 Å². The van der Waals surface area contributed by atoms with Crippen molar-refractivity contribution in [2.24, 2.45) is 7.05 Å². The Balaban J connectivity index is 3.13. The van der Waals surface area contributed by atoms with Crippen LogP contribution < -0.4 is 0 Å². The first-order chi connectivity index (χ1) is 5.54. The molecule has 0 aliphatic carbocycles. The Morgan fingerprint density at radius 2 is 2.25 bits per heavy atom. The van der Waals surface area contributed by atoms with E-state index < -0.39 is 11.0 Å². The van der Waals surface area contributed by atoms with Gasteiger partial charge in [-0.05, 0) is 17.9 Å². The van der Waals surface area contributed by atoms with Gasteiger partial charge in [0.1, 0.15) is 11.8 Å². The Labute approximate surface area is 69.4 Å². The summed E-state index contributed by atoms with van der Waals surface area (Å²) in [7, 11) is 1.56. The first-order valence-electron chi connectivity index (χ1n) is 3.52. The van der Waals surface area contributed by atoms with E-state index in [1.54, 1.807) is 20.0 Å². The maximum absolute atomic E-state index is 10.4. The van der Waals surface area contributed by atoms with Crippen LogP contribution in [0.1, 0.15) is 18.7 Å². The molecule has 0 saturated carbocycles. The molecule has 1 atom stereocenters. The van der Waals surface area contributed by atoms with Gasteiger partial charge in [0.2, 0.25) is 0 Å². The fourth-order valence-electron chi connectivity index (χ4n) is 1.12. The molecule has 0 fully saturated rings. The lowest BCUT2D eigenvalue weighted by molar-refractivity contribution is -0.391. The molecule has 0 aliphatic rings. The summed E-state index contributed by atoms with van der Waals surface area (Å²) < 4.78 is 1.37. The van der Waals surface area contributed by atoms with Gasteiger partial charge >= 0.3 is 5.82 Å². The summed E-state index contributed by atoms with van der Waals surface area (Å²) >= 11 is 0. The highest BCUT2D eigenvalue weighted by molar-refractivity contribution is 5.27. The third-order valence-electron chi connectivity index (χ3n) is 1.75. The van der Waals surface area contributed by atoms with Crippen molar-refractivity contribution in [3.05, 3.63) is 27.9 Å². The Bertz CT molecular complexity index is 304. The number of aliphatic hydroxyl groups excluding tert-OH is 1. The second kappa shape index (κ2) is 2.94. The molecule has 0 aliphatic heterocycles. The van der Waals surface area contributed by atoms with Crippen molar-refractivity contribution in [1.29, 1.82) is 0 Å². The van der Waals surface area contributed by atoms with Crippen molar-refractivity contribution in [3.8, 4) is 0 Å².